The molecular weight excluding hydrogens is 240 g/mol. The van der Waals surface area contributed by atoms with Crippen molar-refractivity contribution in [3.8, 4) is 5.75 Å². The lowest BCUT2D eigenvalue weighted by molar-refractivity contribution is 0.141. The molecule has 0 aromatic heterocycles. The normalized spacial score (nSPS) is 27.5. The number of nitrogens with two attached hydrogens (primary N) is 1. The number of benzene rings is 1. The largest absolute Gasteiger partial charge is 0.488 e. The number of rotatable bonds is 3. The molecule has 2 saturated heterocycles. The molecule has 0 radical (unpaired) electrons. The van der Waals surface area contributed by atoms with E-state index in [1.165, 1.54) is 12.1 Å². The average Bonchev–Trinajstić information content (AvgIpc) is 2.92. The zero-order valence-corrected chi connectivity index (χ0v) is 11.3. The molecule has 0 amide bonds. The standard InChI is InChI=1S/C15H22N2O2/c16-12-2-1-8-17(10-12)13-3-5-14(6-4-13)19-15-7-9-18-11-15/h3-6,12,15H,1-2,7-11,16H2. The number of ether oxygens (including phenoxy) is 2. The number of hydrogen-bond donors (Lipinski definition) is 1. The van der Waals surface area contributed by atoms with Crippen LogP contribution >= 0.6 is 0 Å². The molecule has 0 bridgehead atoms. The third-order valence-electron chi connectivity index (χ3n) is 3.85. The fourth-order valence-corrected chi connectivity index (χ4v) is 2.78. The van der Waals surface area contributed by atoms with Crippen LogP contribution in [-0.2, 0) is 4.74 Å². The van der Waals surface area contributed by atoms with Gasteiger partial charge in [0.1, 0.15) is 11.9 Å². The third kappa shape index (κ3) is 3.19. The predicted molar refractivity (Wildman–Crippen MR) is 75.7 cm³/mol. The molecular formula is C15H22N2O2. The molecule has 2 N–H and O–H groups in total. The van der Waals surface area contributed by atoms with Gasteiger partial charge in [-0.05, 0) is 37.1 Å². The fourth-order valence-electron chi connectivity index (χ4n) is 2.78. The van der Waals surface area contributed by atoms with Gasteiger partial charge in [-0.1, -0.05) is 0 Å². The lowest BCUT2D eigenvalue weighted by atomic mass is 10.1. The van der Waals surface area contributed by atoms with Gasteiger partial charge in [-0.15, -0.1) is 0 Å². The number of anilines is 1. The predicted octanol–water partition coefficient (Wildman–Crippen LogP) is 1.78. The maximum atomic E-state index is 6.02. The first-order valence-corrected chi connectivity index (χ1v) is 7.16. The van der Waals surface area contributed by atoms with Crippen LogP contribution in [0.2, 0.25) is 0 Å². The molecule has 19 heavy (non-hydrogen) atoms. The molecule has 3 rings (SSSR count). The Labute approximate surface area is 114 Å². The molecule has 0 aliphatic carbocycles. The van der Waals surface area contributed by atoms with Crippen LogP contribution in [-0.4, -0.2) is 38.4 Å². The molecule has 1 aromatic carbocycles. The summed E-state index contributed by atoms with van der Waals surface area (Å²) >= 11 is 0. The van der Waals surface area contributed by atoms with Crippen molar-refractivity contribution >= 4 is 5.69 Å². The van der Waals surface area contributed by atoms with Crippen LogP contribution in [0.4, 0.5) is 5.69 Å². The minimum absolute atomic E-state index is 0.217. The van der Waals surface area contributed by atoms with Crippen molar-refractivity contribution in [3.63, 3.8) is 0 Å². The van der Waals surface area contributed by atoms with E-state index in [2.05, 4.69) is 17.0 Å². The maximum absolute atomic E-state index is 6.02. The summed E-state index contributed by atoms with van der Waals surface area (Å²) in [6.45, 7) is 3.58. The Bertz CT molecular complexity index is 401. The second kappa shape index (κ2) is 5.80. The van der Waals surface area contributed by atoms with Gasteiger partial charge in [0.15, 0.2) is 0 Å². The van der Waals surface area contributed by atoms with E-state index in [4.69, 9.17) is 15.2 Å². The minimum Gasteiger partial charge on any atom is -0.488 e. The number of nitrogens with zero attached hydrogens (tertiary/aromatic N) is 1. The zero-order valence-electron chi connectivity index (χ0n) is 11.3. The second-order valence-corrected chi connectivity index (χ2v) is 5.45. The first kappa shape index (κ1) is 12.8. The van der Waals surface area contributed by atoms with E-state index < -0.39 is 0 Å². The number of piperidine rings is 1. The summed E-state index contributed by atoms with van der Waals surface area (Å²) in [6.07, 6.45) is 3.52. The minimum atomic E-state index is 0.217. The van der Waals surface area contributed by atoms with Crippen molar-refractivity contribution < 1.29 is 9.47 Å². The van der Waals surface area contributed by atoms with Crippen molar-refractivity contribution in [2.75, 3.05) is 31.2 Å². The lowest BCUT2D eigenvalue weighted by Crippen LogP contribution is -2.42. The molecule has 0 saturated carbocycles. The van der Waals surface area contributed by atoms with Crippen molar-refractivity contribution in [2.45, 2.75) is 31.4 Å². The van der Waals surface area contributed by atoms with Crippen LogP contribution in [0, 0.1) is 0 Å². The average molecular weight is 262 g/mol. The summed E-state index contributed by atoms with van der Waals surface area (Å²) in [5.41, 5.74) is 7.26. The Balaban J connectivity index is 1.61. The molecule has 4 heteroatoms. The van der Waals surface area contributed by atoms with Crippen molar-refractivity contribution in [1.29, 1.82) is 0 Å². The van der Waals surface area contributed by atoms with Gasteiger partial charge >= 0.3 is 0 Å². The van der Waals surface area contributed by atoms with Crippen LogP contribution in [0.25, 0.3) is 0 Å². The van der Waals surface area contributed by atoms with E-state index in [0.717, 1.165) is 38.3 Å². The van der Waals surface area contributed by atoms with Gasteiger partial charge in [0.2, 0.25) is 0 Å². The van der Waals surface area contributed by atoms with Gasteiger partial charge in [-0.3, -0.25) is 0 Å². The van der Waals surface area contributed by atoms with E-state index in [1.807, 2.05) is 12.1 Å². The summed E-state index contributed by atoms with van der Waals surface area (Å²) in [6, 6.07) is 8.66. The Morgan fingerprint density at radius 3 is 2.74 bits per heavy atom. The zero-order chi connectivity index (χ0) is 13.1. The Kier molecular flexibility index (Phi) is 3.89. The first-order chi connectivity index (χ1) is 9.31. The highest BCUT2D eigenvalue weighted by molar-refractivity contribution is 5.49. The van der Waals surface area contributed by atoms with Crippen LogP contribution in [0.3, 0.4) is 0 Å². The summed E-state index contributed by atoms with van der Waals surface area (Å²) in [7, 11) is 0. The van der Waals surface area contributed by atoms with Gasteiger partial charge in [0.25, 0.3) is 0 Å². The maximum Gasteiger partial charge on any atom is 0.124 e. The molecule has 4 nitrogen and oxygen atoms in total. The third-order valence-corrected chi connectivity index (χ3v) is 3.85. The highest BCUT2D eigenvalue weighted by Gasteiger charge is 2.18. The monoisotopic (exact) mass is 262 g/mol. The highest BCUT2D eigenvalue weighted by Crippen LogP contribution is 2.24. The topological polar surface area (TPSA) is 47.7 Å². The molecule has 2 unspecified atom stereocenters. The molecule has 2 fully saturated rings. The molecule has 1 aromatic rings. The van der Waals surface area contributed by atoms with E-state index in [1.54, 1.807) is 0 Å². The SMILES string of the molecule is NC1CCCN(c2ccc(OC3CCOC3)cc2)C1. The quantitative estimate of drug-likeness (QED) is 0.902. The summed E-state index contributed by atoms with van der Waals surface area (Å²) in [4.78, 5) is 2.36. The van der Waals surface area contributed by atoms with Gasteiger partial charge in [0.05, 0.1) is 13.2 Å². The van der Waals surface area contributed by atoms with Gasteiger partial charge in [-0.25, -0.2) is 0 Å². The Hall–Kier alpha value is -1.26. The first-order valence-electron chi connectivity index (χ1n) is 7.16. The van der Waals surface area contributed by atoms with Crippen molar-refractivity contribution in [1.82, 2.24) is 0 Å². The summed E-state index contributed by atoms with van der Waals surface area (Å²) in [5, 5.41) is 0. The van der Waals surface area contributed by atoms with Gasteiger partial charge < -0.3 is 20.1 Å². The van der Waals surface area contributed by atoms with Gasteiger partial charge in [0, 0.05) is 31.2 Å². The fraction of sp³-hybridized carbons (Fsp3) is 0.600. The van der Waals surface area contributed by atoms with Crippen LogP contribution in [0.5, 0.6) is 5.75 Å². The smallest absolute Gasteiger partial charge is 0.124 e. The molecule has 2 aliphatic rings. The lowest BCUT2D eigenvalue weighted by Gasteiger charge is -2.32. The van der Waals surface area contributed by atoms with E-state index in [0.29, 0.717) is 12.6 Å². The summed E-state index contributed by atoms with van der Waals surface area (Å²) < 4.78 is 11.2. The van der Waals surface area contributed by atoms with Crippen molar-refractivity contribution in [3.05, 3.63) is 24.3 Å². The molecule has 2 aliphatic heterocycles. The Morgan fingerprint density at radius 2 is 2.05 bits per heavy atom. The van der Waals surface area contributed by atoms with E-state index in [9.17, 15) is 0 Å². The number of hydrogen-bond acceptors (Lipinski definition) is 4. The summed E-state index contributed by atoms with van der Waals surface area (Å²) in [5.74, 6) is 0.931. The second-order valence-electron chi connectivity index (χ2n) is 5.45. The van der Waals surface area contributed by atoms with Crippen LogP contribution in [0.15, 0.2) is 24.3 Å². The van der Waals surface area contributed by atoms with Crippen LogP contribution in [0.1, 0.15) is 19.3 Å². The van der Waals surface area contributed by atoms with Crippen LogP contribution < -0.4 is 15.4 Å². The molecule has 2 heterocycles. The Morgan fingerprint density at radius 1 is 1.21 bits per heavy atom. The molecule has 2 atom stereocenters. The molecule has 0 spiro atoms. The van der Waals surface area contributed by atoms with Gasteiger partial charge in [-0.2, -0.15) is 0 Å². The highest BCUT2D eigenvalue weighted by atomic mass is 16.5. The van der Waals surface area contributed by atoms with E-state index in [-0.39, 0.29) is 6.10 Å². The van der Waals surface area contributed by atoms with E-state index >= 15 is 0 Å². The molecule has 104 valence electrons. The van der Waals surface area contributed by atoms with Crippen molar-refractivity contribution in [2.24, 2.45) is 5.73 Å².